The van der Waals surface area contributed by atoms with E-state index >= 15 is 0 Å². The predicted molar refractivity (Wildman–Crippen MR) is 75.1 cm³/mol. The third-order valence-corrected chi connectivity index (χ3v) is 3.18. The van der Waals surface area contributed by atoms with E-state index in [-0.39, 0.29) is 5.56 Å². The summed E-state index contributed by atoms with van der Waals surface area (Å²) in [5, 5.41) is 9.74. The molecular weight excluding hydrogens is 264 g/mol. The number of rotatable bonds is 3. The molecule has 98 valence electrons. The van der Waals surface area contributed by atoms with Gasteiger partial charge in [-0.25, -0.2) is 4.79 Å². The minimum Gasteiger partial charge on any atom is -0.495 e. The van der Waals surface area contributed by atoms with Gasteiger partial charge in [-0.3, -0.25) is 0 Å². The molecule has 0 aromatic heterocycles. The number of carboxylic acid groups (broad SMARTS) is 1. The predicted octanol–water partition coefficient (Wildman–Crippen LogP) is 4.02. The molecule has 0 amide bonds. The van der Waals surface area contributed by atoms with Gasteiger partial charge in [0.25, 0.3) is 0 Å². The average molecular weight is 277 g/mol. The largest absolute Gasteiger partial charge is 0.495 e. The molecule has 3 nitrogen and oxygen atoms in total. The quantitative estimate of drug-likeness (QED) is 0.921. The maximum atomic E-state index is 11.2. The van der Waals surface area contributed by atoms with Crippen LogP contribution in [-0.2, 0) is 0 Å². The summed E-state index contributed by atoms with van der Waals surface area (Å²) < 4.78 is 5.24. The Morgan fingerprint density at radius 1 is 1.21 bits per heavy atom. The van der Waals surface area contributed by atoms with E-state index in [0.29, 0.717) is 16.3 Å². The van der Waals surface area contributed by atoms with Crippen molar-refractivity contribution in [2.45, 2.75) is 6.92 Å². The van der Waals surface area contributed by atoms with Crippen molar-refractivity contribution in [1.29, 1.82) is 0 Å². The number of ether oxygens (including phenoxy) is 1. The van der Waals surface area contributed by atoms with Crippen LogP contribution in [0.1, 0.15) is 15.9 Å². The van der Waals surface area contributed by atoms with Crippen molar-refractivity contribution in [2.75, 3.05) is 7.11 Å². The average Bonchev–Trinajstić information content (AvgIpc) is 2.37. The second-order valence-electron chi connectivity index (χ2n) is 4.17. The molecule has 0 saturated heterocycles. The molecule has 2 aromatic carbocycles. The zero-order valence-electron chi connectivity index (χ0n) is 10.6. The maximum absolute atomic E-state index is 11.2. The molecule has 0 fully saturated rings. The van der Waals surface area contributed by atoms with E-state index < -0.39 is 5.97 Å². The van der Waals surface area contributed by atoms with Crippen LogP contribution in [0.4, 0.5) is 0 Å². The lowest BCUT2D eigenvalue weighted by Gasteiger charge is -2.13. The molecule has 0 spiro atoms. The van der Waals surface area contributed by atoms with Gasteiger partial charge < -0.3 is 9.84 Å². The topological polar surface area (TPSA) is 46.5 Å². The van der Waals surface area contributed by atoms with Gasteiger partial charge in [0.2, 0.25) is 0 Å². The minimum atomic E-state index is -1.03. The fourth-order valence-corrected chi connectivity index (χ4v) is 2.31. The van der Waals surface area contributed by atoms with Crippen LogP contribution in [0.25, 0.3) is 11.1 Å². The van der Waals surface area contributed by atoms with Crippen molar-refractivity contribution in [3.05, 3.63) is 52.5 Å². The standard InChI is InChI=1S/C15H13ClO3/c1-9-6-7-10(13(16)8-9)11-4-3-5-12(15(17)18)14(11)19-2/h3-8H,1-2H3,(H,17,18). The minimum absolute atomic E-state index is 0.122. The normalized spacial score (nSPS) is 10.3. The number of aromatic carboxylic acids is 1. The van der Waals surface area contributed by atoms with Crippen LogP contribution in [0.5, 0.6) is 5.75 Å². The third-order valence-electron chi connectivity index (χ3n) is 2.86. The van der Waals surface area contributed by atoms with E-state index in [1.165, 1.54) is 13.2 Å². The van der Waals surface area contributed by atoms with Gasteiger partial charge in [-0.1, -0.05) is 35.9 Å². The molecule has 0 aliphatic rings. The Bertz CT molecular complexity index is 635. The molecule has 19 heavy (non-hydrogen) atoms. The maximum Gasteiger partial charge on any atom is 0.339 e. The van der Waals surface area contributed by atoms with Crippen LogP contribution in [0, 0.1) is 6.92 Å². The number of benzene rings is 2. The molecule has 2 rings (SSSR count). The first kappa shape index (κ1) is 13.4. The molecule has 0 aliphatic carbocycles. The lowest BCUT2D eigenvalue weighted by Crippen LogP contribution is -2.01. The summed E-state index contributed by atoms with van der Waals surface area (Å²) in [6.07, 6.45) is 0. The molecule has 0 bridgehead atoms. The summed E-state index contributed by atoms with van der Waals surface area (Å²) in [4.78, 5) is 11.2. The van der Waals surface area contributed by atoms with E-state index in [2.05, 4.69) is 0 Å². The highest BCUT2D eigenvalue weighted by Crippen LogP contribution is 2.37. The summed E-state index contributed by atoms with van der Waals surface area (Å²) in [6, 6.07) is 10.6. The lowest BCUT2D eigenvalue weighted by molar-refractivity contribution is 0.0693. The fraction of sp³-hybridized carbons (Fsp3) is 0.133. The van der Waals surface area contributed by atoms with Gasteiger partial charge in [-0.2, -0.15) is 0 Å². The second kappa shape index (κ2) is 5.33. The van der Waals surface area contributed by atoms with Crippen LogP contribution in [0.2, 0.25) is 5.02 Å². The first-order chi connectivity index (χ1) is 9.04. The van der Waals surface area contributed by atoms with Gasteiger partial charge in [0.05, 0.1) is 7.11 Å². The molecule has 1 N–H and O–H groups in total. The molecule has 0 saturated carbocycles. The Balaban J connectivity index is 2.68. The zero-order valence-corrected chi connectivity index (χ0v) is 11.4. The highest BCUT2D eigenvalue weighted by molar-refractivity contribution is 6.33. The number of carbonyl (C=O) groups is 1. The molecule has 0 aliphatic heterocycles. The fourth-order valence-electron chi connectivity index (χ4n) is 1.98. The van der Waals surface area contributed by atoms with E-state index in [0.717, 1.165) is 11.1 Å². The first-order valence-electron chi connectivity index (χ1n) is 5.71. The van der Waals surface area contributed by atoms with Gasteiger partial charge >= 0.3 is 5.97 Å². The number of carboxylic acids is 1. The van der Waals surface area contributed by atoms with Crippen molar-refractivity contribution in [3.63, 3.8) is 0 Å². The zero-order chi connectivity index (χ0) is 14.0. The molecule has 2 aromatic rings. The van der Waals surface area contributed by atoms with Gasteiger partial charge in [-0.15, -0.1) is 0 Å². The van der Waals surface area contributed by atoms with Crippen LogP contribution in [-0.4, -0.2) is 18.2 Å². The van der Waals surface area contributed by atoms with Gasteiger partial charge in [-0.05, 0) is 24.6 Å². The first-order valence-corrected chi connectivity index (χ1v) is 6.09. The van der Waals surface area contributed by atoms with Crippen LogP contribution < -0.4 is 4.74 Å². The Morgan fingerprint density at radius 2 is 1.95 bits per heavy atom. The third kappa shape index (κ3) is 2.56. The van der Waals surface area contributed by atoms with Crippen LogP contribution in [0.3, 0.4) is 0 Å². The van der Waals surface area contributed by atoms with Gasteiger partial charge in [0, 0.05) is 16.1 Å². The number of hydrogen-bond donors (Lipinski definition) is 1. The monoisotopic (exact) mass is 276 g/mol. The second-order valence-corrected chi connectivity index (χ2v) is 4.58. The van der Waals surface area contributed by atoms with Crippen molar-refractivity contribution >= 4 is 17.6 Å². The number of halogens is 1. The van der Waals surface area contributed by atoms with Gasteiger partial charge in [0.1, 0.15) is 11.3 Å². The van der Waals surface area contributed by atoms with Crippen molar-refractivity contribution in [3.8, 4) is 16.9 Å². The molecule has 0 radical (unpaired) electrons. The Kier molecular flexibility index (Phi) is 3.76. The SMILES string of the molecule is COc1c(C(=O)O)cccc1-c1ccc(C)cc1Cl. The summed E-state index contributed by atoms with van der Waals surface area (Å²) in [6.45, 7) is 1.95. The molecule has 0 atom stereocenters. The molecule has 4 heteroatoms. The number of hydrogen-bond acceptors (Lipinski definition) is 2. The van der Waals surface area contributed by atoms with E-state index in [1.54, 1.807) is 12.1 Å². The lowest BCUT2D eigenvalue weighted by atomic mass is 10.00. The summed E-state index contributed by atoms with van der Waals surface area (Å²) in [7, 11) is 1.45. The smallest absolute Gasteiger partial charge is 0.339 e. The Hall–Kier alpha value is -2.00. The van der Waals surface area contributed by atoms with Crippen molar-refractivity contribution in [1.82, 2.24) is 0 Å². The summed E-state index contributed by atoms with van der Waals surface area (Å²) in [5.41, 5.74) is 2.60. The number of methoxy groups -OCH3 is 1. The summed E-state index contributed by atoms with van der Waals surface area (Å²) in [5.74, 6) is -0.706. The van der Waals surface area contributed by atoms with Crippen LogP contribution >= 0.6 is 11.6 Å². The number of aryl methyl sites for hydroxylation is 1. The molecular formula is C15H13ClO3. The van der Waals surface area contributed by atoms with Crippen molar-refractivity contribution < 1.29 is 14.6 Å². The van der Waals surface area contributed by atoms with E-state index in [1.807, 2.05) is 25.1 Å². The molecule has 0 heterocycles. The van der Waals surface area contributed by atoms with E-state index in [4.69, 9.17) is 21.4 Å². The van der Waals surface area contributed by atoms with E-state index in [9.17, 15) is 4.79 Å². The van der Waals surface area contributed by atoms with Crippen LogP contribution in [0.15, 0.2) is 36.4 Å². The summed E-state index contributed by atoms with van der Waals surface area (Å²) >= 11 is 6.22. The highest BCUT2D eigenvalue weighted by atomic mass is 35.5. The number of para-hydroxylation sites is 1. The Labute approximate surface area is 116 Å². The Morgan fingerprint density at radius 3 is 2.53 bits per heavy atom. The van der Waals surface area contributed by atoms with Crippen molar-refractivity contribution in [2.24, 2.45) is 0 Å². The molecule has 0 unspecified atom stereocenters. The highest BCUT2D eigenvalue weighted by Gasteiger charge is 2.17. The van der Waals surface area contributed by atoms with Gasteiger partial charge in [0.15, 0.2) is 0 Å².